The summed E-state index contributed by atoms with van der Waals surface area (Å²) in [5.41, 5.74) is 9.25. The summed E-state index contributed by atoms with van der Waals surface area (Å²) < 4.78 is 21.6. The monoisotopic (exact) mass is 395 g/mol. The largest absolute Gasteiger partial charge is 0.497 e. The number of anilines is 3. The lowest BCUT2D eigenvalue weighted by molar-refractivity contribution is 0.324. The van der Waals surface area contributed by atoms with Crippen LogP contribution in [-0.4, -0.2) is 28.4 Å². The third-order valence-corrected chi connectivity index (χ3v) is 4.25. The minimum Gasteiger partial charge on any atom is -0.497 e. The number of benzene rings is 3. The average molecular weight is 395 g/mol. The van der Waals surface area contributed by atoms with Crippen LogP contribution >= 0.6 is 0 Å². The molecular weight excluding hydrogens is 370 g/mol. The molecule has 0 radical (unpaired) electrons. The van der Waals surface area contributed by atoms with Crippen LogP contribution in [0, 0.1) is 0 Å². The predicted molar refractivity (Wildman–Crippen MR) is 115 cm³/mol. The second-order valence-electron chi connectivity index (χ2n) is 6.04. The van der Waals surface area contributed by atoms with E-state index in [0.717, 1.165) is 22.8 Å². The Morgan fingerprint density at radius 1 is 0.621 bits per heavy atom. The second-order valence-corrected chi connectivity index (χ2v) is 6.04. The minimum atomic E-state index is 0.535. The molecule has 7 heteroatoms. The summed E-state index contributed by atoms with van der Waals surface area (Å²) in [6, 6.07) is 21.2. The van der Waals surface area contributed by atoms with Crippen molar-refractivity contribution in [3.8, 4) is 23.0 Å². The maximum Gasteiger partial charge on any atom is 0.203 e. The van der Waals surface area contributed by atoms with Crippen LogP contribution in [0.15, 0.2) is 66.7 Å². The van der Waals surface area contributed by atoms with Gasteiger partial charge in [-0.2, -0.15) is 5.12 Å². The standard InChI is InChI=1S/C22H25N3O4/c1-26-19-12-10-18(11-13-19)25(23-16-8-6-5-7-9-16)24-17-14-20(27-2)22(29-4)21(15-17)28-3/h5-15,23-24H,1-4H3. The van der Waals surface area contributed by atoms with Crippen molar-refractivity contribution in [3.63, 3.8) is 0 Å². The van der Waals surface area contributed by atoms with E-state index < -0.39 is 0 Å². The van der Waals surface area contributed by atoms with Gasteiger partial charge in [0, 0.05) is 12.1 Å². The summed E-state index contributed by atoms with van der Waals surface area (Å²) in [4.78, 5) is 0. The highest BCUT2D eigenvalue weighted by Crippen LogP contribution is 2.40. The van der Waals surface area contributed by atoms with Crippen LogP contribution in [0.5, 0.6) is 23.0 Å². The zero-order valence-corrected chi connectivity index (χ0v) is 16.9. The number of rotatable bonds is 9. The Hall–Kier alpha value is -3.74. The number of hydrazine groups is 2. The normalized spacial score (nSPS) is 10.1. The lowest BCUT2D eigenvalue weighted by Gasteiger charge is -2.28. The van der Waals surface area contributed by atoms with Crippen molar-refractivity contribution >= 4 is 17.1 Å². The van der Waals surface area contributed by atoms with Crippen LogP contribution in [0.1, 0.15) is 0 Å². The lowest BCUT2D eigenvalue weighted by Crippen LogP contribution is -2.35. The van der Waals surface area contributed by atoms with Crippen LogP contribution in [-0.2, 0) is 0 Å². The summed E-state index contributed by atoms with van der Waals surface area (Å²) in [6.07, 6.45) is 0. The molecule has 0 saturated heterocycles. The molecule has 0 atom stereocenters. The zero-order valence-electron chi connectivity index (χ0n) is 16.9. The van der Waals surface area contributed by atoms with Crippen molar-refractivity contribution in [1.82, 2.24) is 0 Å². The molecule has 0 bridgehead atoms. The Morgan fingerprint density at radius 2 is 1.21 bits per heavy atom. The number of hydrogen-bond acceptors (Lipinski definition) is 7. The molecule has 0 amide bonds. The maximum absolute atomic E-state index is 5.45. The zero-order chi connectivity index (χ0) is 20.6. The first-order valence-electron chi connectivity index (χ1n) is 9.01. The summed E-state index contributed by atoms with van der Waals surface area (Å²) in [6.45, 7) is 0. The Bertz CT molecular complexity index is 892. The highest BCUT2D eigenvalue weighted by Gasteiger charge is 2.15. The molecule has 2 N–H and O–H groups in total. The van der Waals surface area contributed by atoms with Gasteiger partial charge in [0.1, 0.15) is 5.75 Å². The molecule has 0 unspecified atom stereocenters. The topological polar surface area (TPSA) is 64.2 Å². The number of nitrogens with zero attached hydrogens (tertiary/aromatic N) is 1. The van der Waals surface area contributed by atoms with Gasteiger partial charge < -0.3 is 18.9 Å². The average Bonchev–Trinajstić information content (AvgIpc) is 2.78. The molecule has 0 saturated carbocycles. The van der Waals surface area contributed by atoms with Gasteiger partial charge >= 0.3 is 0 Å². The molecular formula is C22H25N3O4. The van der Waals surface area contributed by atoms with Gasteiger partial charge in [0.15, 0.2) is 11.5 Å². The molecule has 0 heterocycles. The highest BCUT2D eigenvalue weighted by molar-refractivity contribution is 5.67. The van der Waals surface area contributed by atoms with Gasteiger partial charge in [0.25, 0.3) is 0 Å². The van der Waals surface area contributed by atoms with Gasteiger partial charge in [-0.25, -0.2) is 0 Å². The van der Waals surface area contributed by atoms with Gasteiger partial charge in [-0.1, -0.05) is 18.2 Å². The highest BCUT2D eigenvalue weighted by atomic mass is 16.5. The molecule has 3 rings (SSSR count). The van der Waals surface area contributed by atoms with E-state index in [-0.39, 0.29) is 0 Å². The van der Waals surface area contributed by atoms with E-state index in [1.165, 1.54) is 0 Å². The van der Waals surface area contributed by atoms with Gasteiger partial charge in [0.2, 0.25) is 5.75 Å². The van der Waals surface area contributed by atoms with E-state index >= 15 is 0 Å². The van der Waals surface area contributed by atoms with Crippen LogP contribution < -0.4 is 34.9 Å². The molecule has 0 aliphatic carbocycles. The fourth-order valence-corrected chi connectivity index (χ4v) is 2.80. The molecule has 7 nitrogen and oxygen atoms in total. The van der Waals surface area contributed by atoms with Crippen molar-refractivity contribution in [2.45, 2.75) is 0 Å². The third kappa shape index (κ3) is 4.76. The van der Waals surface area contributed by atoms with Crippen LogP contribution in [0.4, 0.5) is 17.1 Å². The molecule has 0 spiro atoms. The Balaban J connectivity index is 1.95. The van der Waals surface area contributed by atoms with E-state index in [0.29, 0.717) is 17.2 Å². The van der Waals surface area contributed by atoms with Gasteiger partial charge in [-0.3, -0.25) is 10.9 Å². The Morgan fingerprint density at radius 3 is 1.72 bits per heavy atom. The summed E-state index contributed by atoms with van der Waals surface area (Å²) >= 11 is 0. The number of hydrogen-bond donors (Lipinski definition) is 2. The fourth-order valence-electron chi connectivity index (χ4n) is 2.80. The quantitative estimate of drug-likeness (QED) is 0.514. The first-order chi connectivity index (χ1) is 14.2. The van der Waals surface area contributed by atoms with Crippen molar-refractivity contribution in [1.29, 1.82) is 0 Å². The number of ether oxygens (including phenoxy) is 4. The van der Waals surface area contributed by atoms with Crippen LogP contribution in [0.3, 0.4) is 0 Å². The molecule has 3 aromatic rings. The molecule has 3 aromatic carbocycles. The smallest absolute Gasteiger partial charge is 0.203 e. The van der Waals surface area contributed by atoms with Gasteiger partial charge in [-0.15, -0.1) is 0 Å². The maximum atomic E-state index is 5.45. The summed E-state index contributed by atoms with van der Waals surface area (Å²) in [5.74, 6) is 2.43. The first-order valence-corrected chi connectivity index (χ1v) is 9.01. The van der Waals surface area contributed by atoms with E-state index in [9.17, 15) is 0 Å². The summed E-state index contributed by atoms with van der Waals surface area (Å²) in [5, 5.41) is 1.80. The van der Waals surface area contributed by atoms with Crippen molar-refractivity contribution in [2.24, 2.45) is 0 Å². The molecule has 152 valence electrons. The van der Waals surface area contributed by atoms with Crippen LogP contribution in [0.25, 0.3) is 0 Å². The van der Waals surface area contributed by atoms with E-state index in [2.05, 4.69) is 10.9 Å². The molecule has 0 aromatic heterocycles. The number of nitrogens with one attached hydrogen (secondary N) is 2. The van der Waals surface area contributed by atoms with Crippen molar-refractivity contribution in [3.05, 3.63) is 66.7 Å². The van der Waals surface area contributed by atoms with Crippen molar-refractivity contribution in [2.75, 3.05) is 44.4 Å². The van der Waals surface area contributed by atoms with E-state index in [1.54, 1.807) is 33.6 Å². The number of para-hydroxylation sites is 1. The van der Waals surface area contributed by atoms with Gasteiger partial charge in [-0.05, 0) is 36.4 Å². The molecule has 0 fully saturated rings. The first kappa shape index (κ1) is 20.0. The van der Waals surface area contributed by atoms with E-state index in [1.807, 2.05) is 66.7 Å². The molecule has 0 aliphatic rings. The lowest BCUT2D eigenvalue weighted by atomic mass is 10.2. The Kier molecular flexibility index (Phi) is 6.52. The Labute approximate surface area is 170 Å². The number of methoxy groups -OCH3 is 4. The van der Waals surface area contributed by atoms with Crippen molar-refractivity contribution < 1.29 is 18.9 Å². The SMILES string of the molecule is COc1ccc(N(Nc2ccccc2)Nc2cc(OC)c(OC)c(OC)c2)cc1. The van der Waals surface area contributed by atoms with E-state index in [4.69, 9.17) is 18.9 Å². The fraction of sp³-hybridized carbons (Fsp3) is 0.182. The predicted octanol–water partition coefficient (Wildman–Crippen LogP) is 4.58. The third-order valence-electron chi connectivity index (χ3n) is 4.25. The van der Waals surface area contributed by atoms with Gasteiger partial charge in [0.05, 0.1) is 45.5 Å². The minimum absolute atomic E-state index is 0.535. The summed E-state index contributed by atoms with van der Waals surface area (Å²) in [7, 11) is 6.40. The molecule has 0 aliphatic heterocycles. The molecule has 29 heavy (non-hydrogen) atoms. The van der Waals surface area contributed by atoms with Crippen LogP contribution in [0.2, 0.25) is 0 Å². The second kappa shape index (κ2) is 9.45.